The van der Waals surface area contributed by atoms with Crippen molar-refractivity contribution in [3.05, 3.63) is 35.0 Å². The van der Waals surface area contributed by atoms with Gasteiger partial charge in [0.2, 0.25) is 0 Å². The van der Waals surface area contributed by atoms with E-state index in [0.29, 0.717) is 6.42 Å². The molecule has 0 spiro atoms. The summed E-state index contributed by atoms with van der Waals surface area (Å²) in [5.41, 5.74) is 0.267. The van der Waals surface area contributed by atoms with Gasteiger partial charge in [0.1, 0.15) is 5.82 Å². The number of Topliss-reactive ketones (excluding diaryl/α,β-unsaturated/α-hetero) is 1. The lowest BCUT2D eigenvalue weighted by Crippen LogP contribution is -2.06. The molecule has 0 aliphatic carbocycles. The number of rotatable bonds is 4. The van der Waals surface area contributed by atoms with Crippen LogP contribution in [0.4, 0.5) is 4.39 Å². The van der Waals surface area contributed by atoms with Crippen molar-refractivity contribution in [3.8, 4) is 0 Å². The predicted octanol–water partition coefficient (Wildman–Crippen LogP) is 5.44. The minimum Gasteiger partial charge on any atom is -0.293 e. The summed E-state index contributed by atoms with van der Waals surface area (Å²) in [6.07, 6.45) is 2.52. The van der Waals surface area contributed by atoms with Gasteiger partial charge in [0, 0.05) is 11.1 Å². The van der Waals surface area contributed by atoms with Crippen LogP contribution in [0.25, 0.3) is 10.1 Å². The van der Waals surface area contributed by atoms with E-state index in [9.17, 15) is 9.18 Å². The molecule has 102 valence electrons. The Morgan fingerprint density at radius 1 is 1.26 bits per heavy atom. The van der Waals surface area contributed by atoms with E-state index in [-0.39, 0.29) is 17.0 Å². The van der Waals surface area contributed by atoms with E-state index in [1.807, 2.05) is 6.07 Å². The fraction of sp³-hybridized carbons (Fsp3) is 0.438. The van der Waals surface area contributed by atoms with Gasteiger partial charge in [0.15, 0.2) is 5.78 Å². The number of hydrogen-bond donors (Lipinski definition) is 0. The van der Waals surface area contributed by atoms with Gasteiger partial charge in [-0.25, -0.2) is 4.39 Å². The zero-order valence-electron chi connectivity index (χ0n) is 11.6. The zero-order valence-corrected chi connectivity index (χ0v) is 12.4. The molecular weight excluding hydrogens is 259 g/mol. The smallest absolute Gasteiger partial charge is 0.172 e. The van der Waals surface area contributed by atoms with Gasteiger partial charge in [-0.05, 0) is 41.8 Å². The Hall–Kier alpha value is -1.22. The van der Waals surface area contributed by atoms with Crippen LogP contribution in [0.15, 0.2) is 24.3 Å². The summed E-state index contributed by atoms with van der Waals surface area (Å²) >= 11 is 1.39. The first-order valence-corrected chi connectivity index (χ1v) is 7.39. The van der Waals surface area contributed by atoms with Crippen molar-refractivity contribution in [2.75, 3.05) is 0 Å². The van der Waals surface area contributed by atoms with Crippen LogP contribution < -0.4 is 0 Å². The van der Waals surface area contributed by atoms with E-state index in [2.05, 4.69) is 20.8 Å². The second-order valence-electron chi connectivity index (χ2n) is 6.13. The first-order chi connectivity index (χ1) is 8.85. The van der Waals surface area contributed by atoms with Crippen LogP contribution in [0.2, 0.25) is 0 Å². The van der Waals surface area contributed by atoms with Gasteiger partial charge < -0.3 is 0 Å². The number of halogens is 1. The van der Waals surface area contributed by atoms with Crippen molar-refractivity contribution in [1.82, 2.24) is 0 Å². The number of ketones is 1. The topological polar surface area (TPSA) is 17.1 Å². The first kappa shape index (κ1) is 14.2. The van der Waals surface area contributed by atoms with Gasteiger partial charge >= 0.3 is 0 Å². The molecule has 1 heterocycles. The number of hydrogen-bond acceptors (Lipinski definition) is 2. The highest BCUT2D eigenvalue weighted by molar-refractivity contribution is 7.20. The lowest BCUT2D eigenvalue weighted by molar-refractivity contribution is 0.0980. The van der Waals surface area contributed by atoms with E-state index in [1.54, 1.807) is 6.07 Å². The van der Waals surface area contributed by atoms with Crippen LogP contribution in [-0.4, -0.2) is 5.78 Å². The van der Waals surface area contributed by atoms with Gasteiger partial charge in [-0.15, -0.1) is 11.3 Å². The molecule has 1 nitrogen and oxygen atoms in total. The van der Waals surface area contributed by atoms with Crippen LogP contribution in [0.5, 0.6) is 0 Å². The molecule has 3 heteroatoms. The first-order valence-electron chi connectivity index (χ1n) is 6.57. The molecule has 19 heavy (non-hydrogen) atoms. The van der Waals surface area contributed by atoms with E-state index in [0.717, 1.165) is 27.8 Å². The van der Waals surface area contributed by atoms with Crippen molar-refractivity contribution in [2.24, 2.45) is 5.41 Å². The molecule has 0 fully saturated rings. The molecule has 0 bridgehead atoms. The van der Waals surface area contributed by atoms with E-state index in [1.165, 1.54) is 23.5 Å². The normalized spacial score (nSPS) is 12.0. The second-order valence-corrected chi connectivity index (χ2v) is 7.21. The minimum atomic E-state index is -0.249. The Morgan fingerprint density at radius 2 is 2.00 bits per heavy atom. The Balaban J connectivity index is 2.05. The summed E-state index contributed by atoms with van der Waals surface area (Å²) in [6, 6.07) is 6.53. The molecular formula is C16H19FOS. The number of benzene rings is 1. The Kier molecular flexibility index (Phi) is 4.04. The average molecular weight is 278 g/mol. The molecule has 0 saturated heterocycles. The monoisotopic (exact) mass is 278 g/mol. The predicted molar refractivity (Wildman–Crippen MR) is 79.4 cm³/mol. The van der Waals surface area contributed by atoms with Crippen molar-refractivity contribution in [1.29, 1.82) is 0 Å². The van der Waals surface area contributed by atoms with E-state index in [4.69, 9.17) is 0 Å². The molecule has 0 saturated carbocycles. The lowest BCUT2D eigenvalue weighted by atomic mass is 9.89. The van der Waals surface area contributed by atoms with E-state index >= 15 is 0 Å². The highest BCUT2D eigenvalue weighted by Gasteiger charge is 2.14. The minimum absolute atomic E-state index is 0.172. The van der Waals surface area contributed by atoms with Crippen molar-refractivity contribution in [3.63, 3.8) is 0 Å². The fourth-order valence-electron chi connectivity index (χ4n) is 2.04. The van der Waals surface area contributed by atoms with Gasteiger partial charge in [-0.2, -0.15) is 0 Å². The van der Waals surface area contributed by atoms with Crippen molar-refractivity contribution >= 4 is 27.2 Å². The summed E-state index contributed by atoms with van der Waals surface area (Å²) in [5.74, 6) is -0.0769. The molecule has 0 aliphatic heterocycles. The van der Waals surface area contributed by atoms with Gasteiger partial charge in [0.05, 0.1) is 4.88 Å². The number of thiophene rings is 1. The van der Waals surface area contributed by atoms with Crippen molar-refractivity contribution in [2.45, 2.75) is 40.0 Å². The third-order valence-corrected chi connectivity index (χ3v) is 4.23. The summed E-state index contributed by atoms with van der Waals surface area (Å²) in [6.45, 7) is 6.54. The molecule has 0 amide bonds. The summed E-state index contributed by atoms with van der Waals surface area (Å²) in [7, 11) is 0. The van der Waals surface area contributed by atoms with E-state index < -0.39 is 0 Å². The molecule has 0 aliphatic rings. The standard InChI is InChI=1S/C16H19FOS/c1-16(2,3)8-4-5-13(18)15-9-11-6-7-12(17)10-14(11)19-15/h6-7,9-10H,4-5,8H2,1-3H3. The maximum absolute atomic E-state index is 13.1. The van der Waals surface area contributed by atoms with Gasteiger partial charge in [-0.3, -0.25) is 4.79 Å². The third kappa shape index (κ3) is 3.87. The Labute approximate surface area is 117 Å². The molecule has 2 aromatic rings. The Bertz CT molecular complexity index is 592. The van der Waals surface area contributed by atoms with Crippen LogP contribution in [-0.2, 0) is 0 Å². The molecule has 0 unspecified atom stereocenters. The molecule has 2 rings (SSSR count). The molecule has 0 atom stereocenters. The molecule has 1 aromatic carbocycles. The second kappa shape index (κ2) is 5.41. The highest BCUT2D eigenvalue weighted by Crippen LogP contribution is 2.28. The zero-order chi connectivity index (χ0) is 14.0. The maximum atomic E-state index is 13.1. The van der Waals surface area contributed by atoms with Crippen LogP contribution in [0, 0.1) is 11.2 Å². The lowest BCUT2D eigenvalue weighted by Gasteiger charge is -2.16. The summed E-state index contributed by atoms with van der Waals surface area (Å²) in [4.78, 5) is 12.8. The number of carbonyl (C=O) groups is 1. The SMILES string of the molecule is CC(C)(C)CCCC(=O)c1cc2ccc(F)cc2s1. The average Bonchev–Trinajstić information content (AvgIpc) is 2.70. The van der Waals surface area contributed by atoms with Gasteiger partial charge in [0.25, 0.3) is 0 Å². The van der Waals surface area contributed by atoms with Gasteiger partial charge in [-0.1, -0.05) is 26.8 Å². The van der Waals surface area contributed by atoms with Crippen LogP contribution in [0.1, 0.15) is 49.7 Å². The molecule has 1 aromatic heterocycles. The largest absolute Gasteiger partial charge is 0.293 e. The van der Waals surface area contributed by atoms with Crippen LogP contribution >= 0.6 is 11.3 Å². The summed E-state index contributed by atoms with van der Waals surface area (Å²) < 4.78 is 13.9. The quantitative estimate of drug-likeness (QED) is 0.681. The Morgan fingerprint density at radius 3 is 2.68 bits per heavy atom. The molecule has 0 radical (unpaired) electrons. The third-order valence-electron chi connectivity index (χ3n) is 3.09. The van der Waals surface area contributed by atoms with Crippen LogP contribution in [0.3, 0.4) is 0 Å². The maximum Gasteiger partial charge on any atom is 0.172 e. The number of fused-ring (bicyclic) bond motifs is 1. The number of carbonyl (C=O) groups excluding carboxylic acids is 1. The fourth-order valence-corrected chi connectivity index (χ4v) is 3.10. The summed E-state index contributed by atoms with van der Waals surface area (Å²) in [5, 5.41) is 0.950. The van der Waals surface area contributed by atoms with Crippen molar-refractivity contribution < 1.29 is 9.18 Å². The highest BCUT2D eigenvalue weighted by atomic mass is 32.1. The molecule has 0 N–H and O–H groups in total.